The van der Waals surface area contributed by atoms with Gasteiger partial charge in [0.15, 0.2) is 0 Å². The molecule has 0 atom stereocenters. The zero-order valence-electron chi connectivity index (χ0n) is 33.4. The molecule has 0 spiro atoms. The van der Waals surface area contributed by atoms with E-state index in [0.29, 0.717) is 0 Å². The predicted octanol–water partition coefficient (Wildman–Crippen LogP) is 15.8. The van der Waals surface area contributed by atoms with Crippen LogP contribution in [-0.2, 0) is 0 Å². The van der Waals surface area contributed by atoms with Gasteiger partial charge in [0.2, 0.25) is 0 Å². The third-order valence-corrected chi connectivity index (χ3v) is 12.2. The molecular formula is C58H39N3. The van der Waals surface area contributed by atoms with Crippen molar-refractivity contribution in [2.75, 3.05) is 4.90 Å². The lowest BCUT2D eigenvalue weighted by atomic mass is 9.94. The normalized spacial score (nSPS) is 11.6. The topological polar surface area (TPSA) is 13.1 Å². The number of nitrogens with zero attached hydrogens (tertiary/aromatic N) is 3. The zero-order chi connectivity index (χ0) is 40.3. The third-order valence-electron chi connectivity index (χ3n) is 12.2. The van der Waals surface area contributed by atoms with Gasteiger partial charge in [0, 0.05) is 49.9 Å². The highest BCUT2D eigenvalue weighted by Crippen LogP contribution is 2.48. The van der Waals surface area contributed by atoms with Crippen molar-refractivity contribution in [2.45, 2.75) is 0 Å². The number of hydrogen-bond donors (Lipinski definition) is 0. The maximum absolute atomic E-state index is 2.48. The van der Waals surface area contributed by atoms with Crippen molar-refractivity contribution < 1.29 is 0 Å². The molecule has 0 saturated heterocycles. The Hall–Kier alpha value is -8.14. The quantitative estimate of drug-likeness (QED) is 0.157. The fourth-order valence-electron chi connectivity index (χ4n) is 9.56. The van der Waals surface area contributed by atoms with E-state index in [1.165, 1.54) is 60.0 Å². The fourth-order valence-corrected chi connectivity index (χ4v) is 9.56. The van der Waals surface area contributed by atoms with E-state index in [0.717, 1.165) is 45.1 Å². The highest BCUT2D eigenvalue weighted by molar-refractivity contribution is 6.18. The van der Waals surface area contributed by atoms with Crippen molar-refractivity contribution in [3.8, 4) is 33.6 Å². The van der Waals surface area contributed by atoms with Crippen LogP contribution in [0.2, 0.25) is 0 Å². The lowest BCUT2D eigenvalue weighted by Gasteiger charge is -2.29. The maximum Gasteiger partial charge on any atom is 0.0561 e. The summed E-state index contributed by atoms with van der Waals surface area (Å²) in [7, 11) is 0. The van der Waals surface area contributed by atoms with Gasteiger partial charge in [-0.15, -0.1) is 0 Å². The summed E-state index contributed by atoms with van der Waals surface area (Å²) < 4.78 is 4.82. The van der Waals surface area contributed by atoms with Crippen LogP contribution in [0.3, 0.4) is 0 Å². The molecule has 10 aromatic carbocycles. The van der Waals surface area contributed by atoms with Crippen LogP contribution in [0, 0.1) is 0 Å². The third kappa shape index (κ3) is 5.74. The van der Waals surface area contributed by atoms with E-state index in [-0.39, 0.29) is 0 Å². The van der Waals surface area contributed by atoms with Gasteiger partial charge in [-0.25, -0.2) is 0 Å². The molecule has 0 fully saturated rings. The summed E-state index contributed by atoms with van der Waals surface area (Å²) in [4.78, 5) is 2.48. The van der Waals surface area contributed by atoms with E-state index >= 15 is 0 Å². The summed E-state index contributed by atoms with van der Waals surface area (Å²) in [5, 5.41) is 7.29. The summed E-state index contributed by atoms with van der Waals surface area (Å²) in [6.07, 6.45) is 0. The van der Waals surface area contributed by atoms with Gasteiger partial charge in [0.05, 0.1) is 27.8 Å². The van der Waals surface area contributed by atoms with Gasteiger partial charge in [-0.2, -0.15) is 0 Å². The lowest BCUT2D eigenvalue weighted by molar-refractivity contribution is 1.18. The Morgan fingerprint density at radius 3 is 1.56 bits per heavy atom. The van der Waals surface area contributed by atoms with E-state index in [2.05, 4.69) is 251 Å². The molecule has 0 unspecified atom stereocenters. The number of para-hydroxylation sites is 4. The predicted molar refractivity (Wildman–Crippen MR) is 258 cm³/mol. The van der Waals surface area contributed by atoms with E-state index in [1.807, 2.05) is 0 Å². The van der Waals surface area contributed by atoms with Crippen molar-refractivity contribution in [2.24, 2.45) is 0 Å². The molecular weight excluding hydrogens is 739 g/mol. The van der Waals surface area contributed by atoms with Crippen LogP contribution in [0.1, 0.15) is 0 Å². The first-order valence-electron chi connectivity index (χ1n) is 20.9. The number of fused-ring (bicyclic) bond motifs is 7. The minimum atomic E-state index is 1.08. The molecule has 2 aromatic heterocycles. The van der Waals surface area contributed by atoms with Gasteiger partial charge in [-0.1, -0.05) is 158 Å². The molecule has 3 heteroatoms. The van der Waals surface area contributed by atoms with Gasteiger partial charge in [-0.05, 0) is 106 Å². The van der Waals surface area contributed by atoms with Crippen LogP contribution in [-0.4, -0.2) is 9.13 Å². The molecule has 0 radical (unpaired) electrons. The number of benzene rings is 10. The van der Waals surface area contributed by atoms with Crippen molar-refractivity contribution in [3.05, 3.63) is 237 Å². The summed E-state index contributed by atoms with van der Waals surface area (Å²) in [6, 6.07) is 86.1. The Morgan fingerprint density at radius 2 is 0.820 bits per heavy atom. The Kier molecular flexibility index (Phi) is 8.17. The molecule has 286 valence electrons. The van der Waals surface area contributed by atoms with Gasteiger partial charge in [0.1, 0.15) is 0 Å². The highest BCUT2D eigenvalue weighted by atomic mass is 15.1. The minimum Gasteiger partial charge on any atom is -0.310 e. The SMILES string of the molecule is c1ccc(-c2cccc(N(c3ccc4c5ccccc5n(-c5ccccc5)c4c3)c3cc4ccccc4cc3-c3cccc4c3c3ccccc3n4-c3ccccc3)c2)cc1. The Balaban J connectivity index is 1.18. The standard InChI is InChI=1S/C58H39N3/c1-4-18-40(19-5-1)41-22-16-27-46(36-41)59(47-34-35-49-48-28-12-14-31-53(48)61(57(49)39-47)45-25-8-3-9-26-45)56-38-43-21-11-10-20-42(43)37-52(56)50-30-17-33-55-58(50)51-29-13-15-32-54(51)60(55)44-23-6-2-7-24-44/h1-39H. The second-order valence-corrected chi connectivity index (χ2v) is 15.7. The smallest absolute Gasteiger partial charge is 0.0561 e. The van der Waals surface area contributed by atoms with Crippen LogP contribution in [0.5, 0.6) is 0 Å². The molecule has 0 bridgehead atoms. The first-order chi connectivity index (χ1) is 30.3. The minimum absolute atomic E-state index is 1.08. The van der Waals surface area contributed by atoms with Crippen molar-refractivity contribution >= 4 is 71.4 Å². The molecule has 0 amide bonds. The molecule has 0 aliphatic rings. The van der Waals surface area contributed by atoms with Crippen LogP contribution < -0.4 is 4.90 Å². The van der Waals surface area contributed by atoms with E-state index in [9.17, 15) is 0 Å². The average molecular weight is 778 g/mol. The zero-order valence-corrected chi connectivity index (χ0v) is 33.4. The maximum atomic E-state index is 2.48. The van der Waals surface area contributed by atoms with Crippen LogP contribution in [0.15, 0.2) is 237 Å². The molecule has 0 saturated carbocycles. The molecule has 0 N–H and O–H groups in total. The second kappa shape index (κ2) is 14.3. The van der Waals surface area contributed by atoms with Gasteiger partial charge >= 0.3 is 0 Å². The Labute approximate surface area is 354 Å². The second-order valence-electron chi connectivity index (χ2n) is 15.7. The Morgan fingerprint density at radius 1 is 0.295 bits per heavy atom. The molecule has 0 aliphatic carbocycles. The first kappa shape index (κ1) is 34.9. The van der Waals surface area contributed by atoms with Gasteiger partial charge < -0.3 is 14.0 Å². The van der Waals surface area contributed by atoms with E-state index in [1.54, 1.807) is 0 Å². The largest absolute Gasteiger partial charge is 0.310 e. The summed E-state index contributed by atoms with van der Waals surface area (Å²) >= 11 is 0. The number of aromatic nitrogens is 2. The average Bonchev–Trinajstić information content (AvgIpc) is 3.85. The monoisotopic (exact) mass is 777 g/mol. The van der Waals surface area contributed by atoms with Crippen molar-refractivity contribution in [3.63, 3.8) is 0 Å². The van der Waals surface area contributed by atoms with Gasteiger partial charge in [-0.3, -0.25) is 0 Å². The molecule has 61 heavy (non-hydrogen) atoms. The molecule has 2 heterocycles. The molecule has 3 nitrogen and oxygen atoms in total. The van der Waals surface area contributed by atoms with Crippen molar-refractivity contribution in [1.82, 2.24) is 9.13 Å². The molecule has 12 rings (SSSR count). The van der Waals surface area contributed by atoms with E-state index < -0.39 is 0 Å². The van der Waals surface area contributed by atoms with Gasteiger partial charge in [0.25, 0.3) is 0 Å². The summed E-state index contributed by atoms with van der Waals surface area (Å²) in [5.41, 5.74) is 14.9. The lowest BCUT2D eigenvalue weighted by Crippen LogP contribution is -2.12. The Bertz CT molecular complexity index is 3580. The molecule has 12 aromatic rings. The number of anilines is 3. The van der Waals surface area contributed by atoms with Crippen LogP contribution in [0.4, 0.5) is 17.1 Å². The first-order valence-corrected chi connectivity index (χ1v) is 20.9. The van der Waals surface area contributed by atoms with Crippen LogP contribution in [0.25, 0.3) is 88.0 Å². The number of rotatable bonds is 7. The van der Waals surface area contributed by atoms with Crippen LogP contribution >= 0.6 is 0 Å². The highest BCUT2D eigenvalue weighted by Gasteiger charge is 2.24. The molecule has 0 aliphatic heterocycles. The van der Waals surface area contributed by atoms with Crippen molar-refractivity contribution in [1.29, 1.82) is 0 Å². The summed E-state index contributed by atoms with van der Waals surface area (Å²) in [6.45, 7) is 0. The summed E-state index contributed by atoms with van der Waals surface area (Å²) in [5.74, 6) is 0. The van der Waals surface area contributed by atoms with E-state index in [4.69, 9.17) is 0 Å². The fraction of sp³-hybridized carbons (Fsp3) is 0. The number of hydrogen-bond acceptors (Lipinski definition) is 1.